The quantitative estimate of drug-likeness (QED) is 0.432. The average molecular weight is 410 g/mol. The number of aromatic nitrogens is 2. The smallest absolute Gasteiger partial charge is 0.138 e. The van der Waals surface area contributed by atoms with Gasteiger partial charge in [0.2, 0.25) is 0 Å². The molecule has 0 radical (unpaired) electrons. The molecule has 1 aliphatic rings. The Morgan fingerprint density at radius 2 is 1.81 bits per heavy atom. The van der Waals surface area contributed by atoms with Crippen molar-refractivity contribution >= 4 is 10.9 Å². The van der Waals surface area contributed by atoms with Crippen LogP contribution in [-0.2, 0) is 0 Å². The highest BCUT2D eigenvalue weighted by Crippen LogP contribution is 2.37. The first-order valence-electron chi connectivity index (χ1n) is 11.1. The lowest BCUT2D eigenvalue weighted by Crippen LogP contribution is -2.35. The van der Waals surface area contributed by atoms with E-state index in [-0.39, 0.29) is 0 Å². The summed E-state index contributed by atoms with van der Waals surface area (Å²) in [5.41, 5.74) is 5.30. The SMILES string of the molecule is c1ccc(-c2cnc3ccc(-c4cccnc4)cc3c2OCCC2CCCCN2)cc1. The molecule has 31 heavy (non-hydrogen) atoms. The van der Waals surface area contributed by atoms with E-state index < -0.39 is 0 Å². The number of rotatable bonds is 6. The summed E-state index contributed by atoms with van der Waals surface area (Å²) in [6.07, 6.45) is 10.5. The van der Waals surface area contributed by atoms with Gasteiger partial charge in [-0.3, -0.25) is 9.97 Å². The van der Waals surface area contributed by atoms with Crippen molar-refractivity contribution in [3.8, 4) is 28.0 Å². The van der Waals surface area contributed by atoms with Crippen molar-refractivity contribution < 1.29 is 4.74 Å². The summed E-state index contributed by atoms with van der Waals surface area (Å²) in [6, 6.07) is 21.3. The van der Waals surface area contributed by atoms with Gasteiger partial charge in [0.15, 0.2) is 0 Å². The minimum Gasteiger partial charge on any atom is -0.492 e. The summed E-state index contributed by atoms with van der Waals surface area (Å²) < 4.78 is 6.50. The second-order valence-corrected chi connectivity index (χ2v) is 8.12. The van der Waals surface area contributed by atoms with Gasteiger partial charge in [0.1, 0.15) is 5.75 Å². The van der Waals surface area contributed by atoms with Crippen LogP contribution in [0.1, 0.15) is 25.7 Å². The minimum atomic E-state index is 0.549. The van der Waals surface area contributed by atoms with Gasteiger partial charge in [-0.1, -0.05) is 48.9 Å². The van der Waals surface area contributed by atoms with Crippen LogP contribution in [-0.4, -0.2) is 29.2 Å². The van der Waals surface area contributed by atoms with Gasteiger partial charge in [-0.15, -0.1) is 0 Å². The van der Waals surface area contributed by atoms with Crippen molar-refractivity contribution in [2.24, 2.45) is 0 Å². The molecule has 4 heteroatoms. The van der Waals surface area contributed by atoms with Crippen LogP contribution < -0.4 is 10.1 Å². The Balaban J connectivity index is 1.54. The highest BCUT2D eigenvalue weighted by Gasteiger charge is 2.16. The van der Waals surface area contributed by atoms with Crippen LogP contribution in [0.25, 0.3) is 33.2 Å². The molecular formula is C27H27N3O. The Hall–Kier alpha value is -3.24. The molecule has 2 aromatic carbocycles. The van der Waals surface area contributed by atoms with Crippen molar-refractivity contribution in [3.05, 3.63) is 79.3 Å². The molecule has 4 aromatic rings. The van der Waals surface area contributed by atoms with Crippen molar-refractivity contribution in [1.82, 2.24) is 15.3 Å². The summed E-state index contributed by atoms with van der Waals surface area (Å²) in [5.74, 6) is 0.915. The van der Waals surface area contributed by atoms with E-state index in [1.54, 1.807) is 6.20 Å². The third-order valence-corrected chi connectivity index (χ3v) is 6.02. The molecular weight excluding hydrogens is 382 g/mol. The molecule has 156 valence electrons. The number of benzene rings is 2. The standard InChI is InChI=1S/C27H27N3O/c1-2-7-20(8-3-1)25-19-30-26-12-11-21(22-9-6-14-28-18-22)17-24(26)27(25)31-16-13-23-10-4-5-15-29-23/h1-3,6-9,11-12,14,17-19,23,29H,4-5,10,13,15-16H2. The largest absolute Gasteiger partial charge is 0.492 e. The molecule has 5 rings (SSSR count). The minimum absolute atomic E-state index is 0.549. The van der Waals surface area contributed by atoms with E-state index in [1.165, 1.54) is 19.3 Å². The molecule has 0 saturated carbocycles. The maximum Gasteiger partial charge on any atom is 0.138 e. The zero-order valence-corrected chi connectivity index (χ0v) is 17.6. The van der Waals surface area contributed by atoms with E-state index in [9.17, 15) is 0 Å². The molecule has 1 unspecified atom stereocenters. The molecule has 3 heterocycles. The van der Waals surface area contributed by atoms with E-state index >= 15 is 0 Å². The number of hydrogen-bond donors (Lipinski definition) is 1. The van der Waals surface area contributed by atoms with E-state index in [0.29, 0.717) is 12.6 Å². The highest BCUT2D eigenvalue weighted by atomic mass is 16.5. The van der Waals surface area contributed by atoms with Gasteiger partial charge in [-0.25, -0.2) is 0 Å². The predicted molar refractivity (Wildman–Crippen MR) is 126 cm³/mol. The van der Waals surface area contributed by atoms with Crippen molar-refractivity contribution in [1.29, 1.82) is 0 Å². The Morgan fingerprint density at radius 1 is 0.903 bits per heavy atom. The maximum atomic E-state index is 6.50. The number of nitrogens with one attached hydrogen (secondary N) is 1. The van der Waals surface area contributed by atoms with Crippen LogP contribution >= 0.6 is 0 Å². The van der Waals surface area contributed by atoms with Gasteiger partial charge in [-0.05, 0) is 55.1 Å². The second-order valence-electron chi connectivity index (χ2n) is 8.12. The van der Waals surface area contributed by atoms with Crippen LogP contribution in [0, 0.1) is 0 Å². The van der Waals surface area contributed by atoms with Crippen LogP contribution in [0.2, 0.25) is 0 Å². The molecule has 0 bridgehead atoms. The zero-order valence-electron chi connectivity index (χ0n) is 17.6. The van der Waals surface area contributed by atoms with E-state index in [2.05, 4.69) is 58.8 Å². The highest BCUT2D eigenvalue weighted by molar-refractivity contribution is 5.94. The van der Waals surface area contributed by atoms with Crippen molar-refractivity contribution in [3.63, 3.8) is 0 Å². The fourth-order valence-electron chi connectivity index (χ4n) is 4.33. The third-order valence-electron chi connectivity index (χ3n) is 6.02. The van der Waals surface area contributed by atoms with Crippen LogP contribution in [0.4, 0.5) is 0 Å². The number of fused-ring (bicyclic) bond motifs is 1. The first kappa shape index (κ1) is 19.7. The molecule has 0 spiro atoms. The number of ether oxygens (including phenoxy) is 1. The van der Waals surface area contributed by atoms with Gasteiger partial charge in [0.05, 0.1) is 12.1 Å². The fourth-order valence-corrected chi connectivity index (χ4v) is 4.33. The molecule has 1 atom stereocenters. The van der Waals surface area contributed by atoms with Crippen molar-refractivity contribution in [2.45, 2.75) is 31.7 Å². The van der Waals surface area contributed by atoms with E-state index in [1.807, 2.05) is 24.5 Å². The summed E-state index contributed by atoms with van der Waals surface area (Å²) in [7, 11) is 0. The Morgan fingerprint density at radius 3 is 2.61 bits per heavy atom. The van der Waals surface area contributed by atoms with Crippen LogP contribution in [0.5, 0.6) is 5.75 Å². The third kappa shape index (κ3) is 4.44. The maximum absolute atomic E-state index is 6.50. The van der Waals surface area contributed by atoms with Gasteiger partial charge < -0.3 is 10.1 Å². The first-order valence-corrected chi connectivity index (χ1v) is 11.1. The lowest BCUT2D eigenvalue weighted by atomic mass is 10.00. The summed E-state index contributed by atoms with van der Waals surface area (Å²) in [5, 5.41) is 4.66. The Labute approximate surface area is 183 Å². The molecule has 2 aromatic heterocycles. The molecule has 1 N–H and O–H groups in total. The monoisotopic (exact) mass is 409 g/mol. The molecule has 0 aliphatic carbocycles. The predicted octanol–water partition coefficient (Wildman–Crippen LogP) is 5.87. The molecule has 1 aliphatic heterocycles. The molecule has 1 fully saturated rings. The number of pyridine rings is 2. The van der Waals surface area contributed by atoms with Crippen molar-refractivity contribution in [2.75, 3.05) is 13.2 Å². The summed E-state index contributed by atoms with van der Waals surface area (Å²) in [4.78, 5) is 9.02. The first-order chi connectivity index (χ1) is 15.4. The lowest BCUT2D eigenvalue weighted by molar-refractivity contribution is 0.271. The second kappa shape index (κ2) is 9.27. The van der Waals surface area contributed by atoms with Gasteiger partial charge in [0, 0.05) is 41.1 Å². The molecule has 1 saturated heterocycles. The fraction of sp³-hybridized carbons (Fsp3) is 0.259. The normalized spacial score (nSPS) is 16.3. The van der Waals surface area contributed by atoms with Gasteiger partial charge >= 0.3 is 0 Å². The van der Waals surface area contributed by atoms with E-state index in [4.69, 9.17) is 9.72 Å². The number of piperidine rings is 1. The van der Waals surface area contributed by atoms with E-state index in [0.717, 1.165) is 51.9 Å². The molecule has 4 nitrogen and oxygen atoms in total. The lowest BCUT2D eigenvalue weighted by Gasteiger charge is -2.24. The Bertz CT molecular complexity index is 1130. The van der Waals surface area contributed by atoms with Gasteiger partial charge in [0.25, 0.3) is 0 Å². The molecule has 0 amide bonds. The average Bonchev–Trinajstić information content (AvgIpc) is 2.85. The Kier molecular flexibility index (Phi) is 5.90. The summed E-state index contributed by atoms with van der Waals surface area (Å²) in [6.45, 7) is 1.81. The zero-order chi connectivity index (χ0) is 20.9. The summed E-state index contributed by atoms with van der Waals surface area (Å²) >= 11 is 0. The topological polar surface area (TPSA) is 47.0 Å². The van der Waals surface area contributed by atoms with Gasteiger partial charge in [-0.2, -0.15) is 0 Å². The van der Waals surface area contributed by atoms with Crippen LogP contribution in [0.3, 0.4) is 0 Å². The number of nitrogens with zero attached hydrogens (tertiary/aromatic N) is 2. The van der Waals surface area contributed by atoms with Crippen LogP contribution in [0.15, 0.2) is 79.3 Å². The number of hydrogen-bond acceptors (Lipinski definition) is 4.